The predicted molar refractivity (Wildman–Crippen MR) is 58.0 cm³/mol. The lowest BCUT2D eigenvalue weighted by atomic mass is 9.98. The van der Waals surface area contributed by atoms with Gasteiger partial charge in [-0.25, -0.2) is 4.98 Å². The first-order valence-corrected chi connectivity index (χ1v) is 5.99. The number of nitrogens with zero attached hydrogens (tertiary/aromatic N) is 2. The maximum atomic E-state index is 11.7. The molecule has 2 rings (SSSR count). The van der Waals surface area contributed by atoms with Gasteiger partial charge in [0.05, 0.1) is 23.2 Å². The number of carbonyl (C=O) groups is 2. The zero-order valence-electron chi connectivity index (χ0n) is 8.79. The summed E-state index contributed by atoms with van der Waals surface area (Å²) in [6.07, 6.45) is 0.0748. The highest BCUT2D eigenvalue weighted by atomic mass is 32.1. The molecule has 1 amide bonds. The highest BCUT2D eigenvalue weighted by Gasteiger charge is 2.44. The summed E-state index contributed by atoms with van der Waals surface area (Å²) >= 11 is 1.41. The average molecular weight is 240 g/mol. The molecule has 2 atom stereocenters. The van der Waals surface area contributed by atoms with Crippen molar-refractivity contribution in [3.8, 4) is 0 Å². The van der Waals surface area contributed by atoms with E-state index in [1.54, 1.807) is 10.4 Å². The fraction of sp³-hybridized carbons (Fsp3) is 0.500. The van der Waals surface area contributed by atoms with Gasteiger partial charge in [-0.15, -0.1) is 11.3 Å². The molecule has 0 spiro atoms. The standard InChI is InChI=1S/C10H12N2O3S/c1-2-12-8(13)3-6(10(14)15)9(12)7-4-16-5-11-7/h4-6,9H,2-3H2,1H3,(H,14,15). The highest BCUT2D eigenvalue weighted by Crippen LogP contribution is 2.37. The third kappa shape index (κ3) is 1.69. The molecule has 2 unspecified atom stereocenters. The predicted octanol–water partition coefficient (Wildman–Crippen LogP) is 1.14. The van der Waals surface area contributed by atoms with Crippen LogP contribution in [-0.2, 0) is 9.59 Å². The Morgan fingerprint density at radius 2 is 2.50 bits per heavy atom. The number of carboxylic acids is 1. The molecule has 5 nitrogen and oxygen atoms in total. The van der Waals surface area contributed by atoms with Crippen LogP contribution in [0.1, 0.15) is 25.1 Å². The summed E-state index contributed by atoms with van der Waals surface area (Å²) in [5.41, 5.74) is 2.34. The quantitative estimate of drug-likeness (QED) is 0.860. The molecule has 0 saturated carbocycles. The van der Waals surface area contributed by atoms with Crippen LogP contribution in [0.3, 0.4) is 0 Å². The number of amides is 1. The smallest absolute Gasteiger partial charge is 0.309 e. The molecule has 0 bridgehead atoms. The van der Waals surface area contributed by atoms with E-state index < -0.39 is 17.9 Å². The number of rotatable bonds is 3. The maximum Gasteiger partial charge on any atom is 0.309 e. The normalized spacial score (nSPS) is 25.1. The van der Waals surface area contributed by atoms with Gasteiger partial charge in [0.2, 0.25) is 5.91 Å². The van der Waals surface area contributed by atoms with Gasteiger partial charge in [0.25, 0.3) is 0 Å². The van der Waals surface area contributed by atoms with Crippen LogP contribution in [0.15, 0.2) is 10.9 Å². The Labute approximate surface area is 96.7 Å². The minimum absolute atomic E-state index is 0.0748. The van der Waals surface area contributed by atoms with Crippen LogP contribution in [0.2, 0.25) is 0 Å². The van der Waals surface area contributed by atoms with Gasteiger partial charge in [-0.05, 0) is 6.92 Å². The molecule has 1 aromatic rings. The molecule has 2 heterocycles. The largest absolute Gasteiger partial charge is 0.481 e. The van der Waals surface area contributed by atoms with Crippen molar-refractivity contribution in [2.75, 3.05) is 6.54 Å². The first-order chi connectivity index (χ1) is 7.65. The Hall–Kier alpha value is -1.43. The minimum Gasteiger partial charge on any atom is -0.481 e. The number of hydrogen-bond donors (Lipinski definition) is 1. The van der Waals surface area contributed by atoms with Gasteiger partial charge in [-0.2, -0.15) is 0 Å². The lowest BCUT2D eigenvalue weighted by molar-refractivity contribution is -0.142. The molecule has 0 aromatic carbocycles. The summed E-state index contributed by atoms with van der Waals surface area (Å²) < 4.78 is 0. The third-order valence-electron chi connectivity index (χ3n) is 2.84. The van der Waals surface area contributed by atoms with E-state index in [1.165, 1.54) is 11.3 Å². The Kier molecular flexibility index (Phi) is 2.91. The Morgan fingerprint density at radius 1 is 1.75 bits per heavy atom. The van der Waals surface area contributed by atoms with E-state index in [0.29, 0.717) is 12.2 Å². The van der Waals surface area contributed by atoms with Crippen molar-refractivity contribution in [3.63, 3.8) is 0 Å². The molecule has 1 aliphatic heterocycles. The fourth-order valence-corrected chi connectivity index (χ4v) is 2.70. The van der Waals surface area contributed by atoms with Crippen molar-refractivity contribution < 1.29 is 14.7 Å². The van der Waals surface area contributed by atoms with Crippen LogP contribution in [0.4, 0.5) is 0 Å². The second kappa shape index (κ2) is 4.21. The second-order valence-corrected chi connectivity index (χ2v) is 4.41. The average Bonchev–Trinajstić information content (AvgIpc) is 2.83. The van der Waals surface area contributed by atoms with Crippen LogP contribution in [0.5, 0.6) is 0 Å². The molecule has 1 N–H and O–H groups in total. The summed E-state index contributed by atoms with van der Waals surface area (Å²) in [5.74, 6) is -1.70. The van der Waals surface area contributed by atoms with Gasteiger partial charge in [0.1, 0.15) is 0 Å². The monoisotopic (exact) mass is 240 g/mol. The molecule has 1 fully saturated rings. The molecule has 0 aliphatic carbocycles. The lowest BCUT2D eigenvalue weighted by Gasteiger charge is -2.23. The van der Waals surface area contributed by atoms with E-state index in [4.69, 9.17) is 5.11 Å². The number of aliphatic carboxylic acids is 1. The van der Waals surface area contributed by atoms with E-state index in [-0.39, 0.29) is 12.3 Å². The Morgan fingerprint density at radius 3 is 3.00 bits per heavy atom. The summed E-state index contributed by atoms with van der Waals surface area (Å²) in [6, 6.07) is -0.402. The number of hydrogen-bond acceptors (Lipinski definition) is 4. The van der Waals surface area contributed by atoms with Gasteiger partial charge < -0.3 is 10.0 Å². The summed E-state index contributed by atoms with van der Waals surface area (Å²) in [6.45, 7) is 2.37. The van der Waals surface area contributed by atoms with Crippen LogP contribution < -0.4 is 0 Å². The zero-order chi connectivity index (χ0) is 11.7. The van der Waals surface area contributed by atoms with Gasteiger partial charge in [-0.3, -0.25) is 9.59 Å². The van der Waals surface area contributed by atoms with Crippen molar-refractivity contribution in [1.29, 1.82) is 0 Å². The number of likely N-dealkylation sites (tertiary alicyclic amines) is 1. The second-order valence-electron chi connectivity index (χ2n) is 3.69. The van der Waals surface area contributed by atoms with E-state index in [1.807, 2.05) is 12.3 Å². The number of thiazole rings is 1. The summed E-state index contributed by atoms with van der Waals surface area (Å²) in [7, 11) is 0. The SMILES string of the molecule is CCN1C(=O)CC(C(=O)O)C1c1cscn1. The molecule has 1 aliphatic rings. The van der Waals surface area contributed by atoms with Gasteiger partial charge in [0, 0.05) is 18.3 Å². The molecule has 0 radical (unpaired) electrons. The number of carboxylic acid groups (broad SMARTS) is 1. The van der Waals surface area contributed by atoms with Crippen molar-refractivity contribution in [1.82, 2.24) is 9.88 Å². The maximum absolute atomic E-state index is 11.7. The van der Waals surface area contributed by atoms with E-state index >= 15 is 0 Å². The number of aromatic nitrogens is 1. The van der Waals surface area contributed by atoms with Gasteiger partial charge >= 0.3 is 5.97 Å². The van der Waals surface area contributed by atoms with E-state index in [9.17, 15) is 9.59 Å². The van der Waals surface area contributed by atoms with Crippen molar-refractivity contribution in [2.45, 2.75) is 19.4 Å². The molecule has 86 valence electrons. The fourth-order valence-electron chi connectivity index (χ4n) is 2.12. The molecule has 16 heavy (non-hydrogen) atoms. The molecule has 1 aromatic heterocycles. The van der Waals surface area contributed by atoms with Crippen LogP contribution >= 0.6 is 11.3 Å². The minimum atomic E-state index is -0.928. The first-order valence-electron chi connectivity index (χ1n) is 5.05. The van der Waals surface area contributed by atoms with Crippen molar-refractivity contribution >= 4 is 23.2 Å². The van der Waals surface area contributed by atoms with Gasteiger partial charge in [0.15, 0.2) is 0 Å². The molecule has 1 saturated heterocycles. The van der Waals surface area contributed by atoms with Crippen molar-refractivity contribution in [2.24, 2.45) is 5.92 Å². The lowest BCUT2D eigenvalue weighted by Crippen LogP contribution is -2.30. The first kappa shape index (κ1) is 11.1. The zero-order valence-corrected chi connectivity index (χ0v) is 9.61. The van der Waals surface area contributed by atoms with Crippen LogP contribution in [-0.4, -0.2) is 33.4 Å². The topological polar surface area (TPSA) is 70.5 Å². The van der Waals surface area contributed by atoms with E-state index in [0.717, 1.165) is 0 Å². The van der Waals surface area contributed by atoms with Crippen molar-refractivity contribution in [3.05, 3.63) is 16.6 Å². The highest BCUT2D eigenvalue weighted by molar-refractivity contribution is 7.07. The van der Waals surface area contributed by atoms with Gasteiger partial charge in [-0.1, -0.05) is 0 Å². The number of carbonyl (C=O) groups excluding carboxylic acids is 1. The molecule has 6 heteroatoms. The third-order valence-corrected chi connectivity index (χ3v) is 3.45. The van der Waals surface area contributed by atoms with Crippen LogP contribution in [0, 0.1) is 5.92 Å². The van der Waals surface area contributed by atoms with E-state index in [2.05, 4.69) is 4.98 Å². The Bertz CT molecular complexity index is 404. The van der Waals surface area contributed by atoms with Crippen LogP contribution in [0.25, 0.3) is 0 Å². The summed E-state index contributed by atoms with van der Waals surface area (Å²) in [5, 5.41) is 10.9. The summed E-state index contributed by atoms with van der Waals surface area (Å²) in [4.78, 5) is 28.5. The molecular weight excluding hydrogens is 228 g/mol. The Balaban J connectivity index is 2.36. The molecular formula is C10H12N2O3S.